The van der Waals surface area contributed by atoms with Gasteiger partial charge in [0.2, 0.25) is 23.6 Å². The van der Waals surface area contributed by atoms with Crippen molar-refractivity contribution in [3.05, 3.63) is 71.9 Å². The molecule has 12 nitrogen and oxygen atoms in total. The van der Waals surface area contributed by atoms with E-state index in [2.05, 4.69) is 20.9 Å². The van der Waals surface area contributed by atoms with Crippen molar-refractivity contribution < 1.29 is 29.1 Å². The molecule has 3 aromatic rings. The number of carbonyl (C=O) groups excluding carboxylic acids is 4. The van der Waals surface area contributed by atoms with Gasteiger partial charge in [-0.15, -0.1) is 0 Å². The third kappa shape index (κ3) is 8.40. The van der Waals surface area contributed by atoms with Gasteiger partial charge in [0, 0.05) is 36.4 Å². The number of nitrogens with one attached hydrogen (secondary N) is 4. The number of aromatic nitrogens is 1. The standard InChI is InChI=1S/C27H32N6O6/c28-14-24(35)31-22(13-17-15-30-19-9-5-4-8-18(17)19)26(37)33-21(12-16-6-2-1-3-7-16)25(36)32-20(27(38)39)10-11-23(29)34/h1-9,15,20-22,30H,10-14,28H2,(H2,29,34)(H,31,35)(H,32,36)(H,33,37)(H,38,39). The van der Waals surface area contributed by atoms with Crippen LogP contribution in [0.15, 0.2) is 60.8 Å². The van der Waals surface area contributed by atoms with Gasteiger partial charge in [0.05, 0.1) is 6.54 Å². The fourth-order valence-electron chi connectivity index (χ4n) is 4.13. The Morgan fingerprint density at radius 3 is 2.08 bits per heavy atom. The molecule has 0 saturated carbocycles. The molecule has 1 aromatic heterocycles. The normalized spacial score (nSPS) is 13.2. The first kappa shape index (κ1) is 28.9. The number of carboxylic acid groups (broad SMARTS) is 1. The molecule has 0 aliphatic carbocycles. The van der Waals surface area contributed by atoms with E-state index in [1.165, 1.54) is 0 Å². The molecule has 0 radical (unpaired) electrons. The number of amides is 4. The van der Waals surface area contributed by atoms with Gasteiger partial charge in [-0.1, -0.05) is 48.5 Å². The van der Waals surface area contributed by atoms with Crippen LogP contribution in [0.5, 0.6) is 0 Å². The van der Waals surface area contributed by atoms with Crippen LogP contribution in [0.25, 0.3) is 10.9 Å². The first-order valence-corrected chi connectivity index (χ1v) is 12.4. The van der Waals surface area contributed by atoms with E-state index in [-0.39, 0.29) is 32.2 Å². The first-order valence-electron chi connectivity index (χ1n) is 12.4. The number of rotatable bonds is 14. The number of aliphatic carboxylic acids is 1. The first-order chi connectivity index (χ1) is 18.7. The van der Waals surface area contributed by atoms with Crippen LogP contribution < -0.4 is 27.4 Å². The summed E-state index contributed by atoms with van der Waals surface area (Å²) in [5, 5.41) is 18.0. The van der Waals surface area contributed by atoms with E-state index >= 15 is 0 Å². The summed E-state index contributed by atoms with van der Waals surface area (Å²) in [5.41, 5.74) is 12.9. The van der Waals surface area contributed by atoms with E-state index in [1.807, 2.05) is 24.3 Å². The Balaban J connectivity index is 1.84. The van der Waals surface area contributed by atoms with Crippen molar-refractivity contribution in [2.45, 2.75) is 43.8 Å². The molecule has 0 saturated heterocycles. The highest BCUT2D eigenvalue weighted by atomic mass is 16.4. The van der Waals surface area contributed by atoms with Crippen molar-refractivity contribution in [3.63, 3.8) is 0 Å². The lowest BCUT2D eigenvalue weighted by Gasteiger charge is -2.24. The Morgan fingerprint density at radius 2 is 1.44 bits per heavy atom. The number of benzene rings is 2. The number of aromatic amines is 1. The van der Waals surface area contributed by atoms with Crippen LogP contribution >= 0.6 is 0 Å². The lowest BCUT2D eigenvalue weighted by Crippen LogP contribution is -2.57. The highest BCUT2D eigenvalue weighted by Gasteiger charge is 2.30. The monoisotopic (exact) mass is 536 g/mol. The largest absolute Gasteiger partial charge is 0.480 e. The molecule has 9 N–H and O–H groups in total. The van der Waals surface area contributed by atoms with E-state index in [9.17, 15) is 29.1 Å². The summed E-state index contributed by atoms with van der Waals surface area (Å²) in [6.45, 7) is -0.342. The topological polar surface area (TPSA) is 209 Å². The van der Waals surface area contributed by atoms with Gasteiger partial charge < -0.3 is 37.5 Å². The van der Waals surface area contributed by atoms with Gasteiger partial charge >= 0.3 is 5.97 Å². The van der Waals surface area contributed by atoms with Crippen LogP contribution in [-0.2, 0) is 36.8 Å². The van der Waals surface area contributed by atoms with Gasteiger partial charge in [-0.05, 0) is 23.6 Å². The predicted octanol–water partition coefficient (Wildman–Crippen LogP) is -0.284. The molecule has 2 aromatic carbocycles. The zero-order valence-electron chi connectivity index (χ0n) is 21.2. The highest BCUT2D eigenvalue weighted by molar-refractivity contribution is 5.94. The molecule has 4 amide bonds. The number of carboxylic acids is 1. The fraction of sp³-hybridized carbons (Fsp3) is 0.296. The van der Waals surface area contributed by atoms with Crippen LogP contribution in [0.2, 0.25) is 0 Å². The molecule has 0 aliphatic heterocycles. The number of para-hydroxylation sites is 1. The van der Waals surface area contributed by atoms with Gasteiger partial charge in [0.15, 0.2) is 0 Å². The molecule has 3 unspecified atom stereocenters. The minimum atomic E-state index is -1.39. The summed E-state index contributed by atoms with van der Waals surface area (Å²) in [5.74, 6) is -4.03. The number of H-pyrrole nitrogens is 1. The van der Waals surface area contributed by atoms with E-state index < -0.39 is 47.7 Å². The van der Waals surface area contributed by atoms with Crippen LogP contribution in [0, 0.1) is 0 Å². The van der Waals surface area contributed by atoms with Gasteiger partial charge in [0.25, 0.3) is 0 Å². The molecular weight excluding hydrogens is 504 g/mol. The second kappa shape index (κ2) is 13.7. The van der Waals surface area contributed by atoms with Crippen molar-refractivity contribution in [1.29, 1.82) is 0 Å². The van der Waals surface area contributed by atoms with Crippen LogP contribution in [0.1, 0.15) is 24.0 Å². The van der Waals surface area contributed by atoms with Gasteiger partial charge in [0.1, 0.15) is 18.1 Å². The third-order valence-electron chi connectivity index (χ3n) is 6.15. The average Bonchev–Trinajstić information content (AvgIpc) is 3.33. The Hall–Kier alpha value is -4.71. The summed E-state index contributed by atoms with van der Waals surface area (Å²) < 4.78 is 0. The van der Waals surface area contributed by atoms with Crippen molar-refractivity contribution >= 4 is 40.5 Å². The third-order valence-corrected chi connectivity index (χ3v) is 6.15. The molecule has 0 spiro atoms. The number of carbonyl (C=O) groups is 5. The number of primary amides is 1. The minimum Gasteiger partial charge on any atom is -0.480 e. The van der Waals surface area contributed by atoms with Gasteiger partial charge in [-0.3, -0.25) is 19.2 Å². The fourth-order valence-corrected chi connectivity index (χ4v) is 4.13. The quantitative estimate of drug-likeness (QED) is 0.146. The van der Waals surface area contributed by atoms with Gasteiger partial charge in [-0.2, -0.15) is 0 Å². The SMILES string of the molecule is NCC(=O)NC(Cc1c[nH]c2ccccc12)C(=O)NC(Cc1ccccc1)C(=O)NC(CCC(N)=O)C(=O)O. The molecular formula is C27H32N6O6. The Labute approximate surface area is 224 Å². The average molecular weight is 537 g/mol. The van der Waals surface area contributed by atoms with Crippen LogP contribution in [0.4, 0.5) is 0 Å². The second-order valence-electron chi connectivity index (χ2n) is 9.04. The lowest BCUT2D eigenvalue weighted by molar-refractivity contribution is -0.142. The predicted molar refractivity (Wildman–Crippen MR) is 143 cm³/mol. The number of nitrogens with two attached hydrogens (primary N) is 2. The molecule has 206 valence electrons. The molecule has 0 fully saturated rings. The van der Waals surface area contributed by atoms with E-state index in [0.29, 0.717) is 5.56 Å². The number of hydrogen-bond donors (Lipinski definition) is 7. The van der Waals surface area contributed by atoms with Crippen molar-refractivity contribution in [3.8, 4) is 0 Å². The lowest BCUT2D eigenvalue weighted by atomic mass is 10.0. The summed E-state index contributed by atoms with van der Waals surface area (Å²) in [6.07, 6.45) is 1.44. The smallest absolute Gasteiger partial charge is 0.326 e. The second-order valence-corrected chi connectivity index (χ2v) is 9.04. The summed E-state index contributed by atoms with van der Waals surface area (Å²) in [7, 11) is 0. The Bertz CT molecular complexity index is 1320. The van der Waals surface area contributed by atoms with Crippen LogP contribution in [0.3, 0.4) is 0 Å². The molecule has 12 heteroatoms. The maximum atomic E-state index is 13.5. The number of fused-ring (bicyclic) bond motifs is 1. The molecule has 0 bridgehead atoms. The summed E-state index contributed by atoms with van der Waals surface area (Å²) in [6, 6.07) is 12.7. The zero-order valence-corrected chi connectivity index (χ0v) is 21.2. The van der Waals surface area contributed by atoms with Crippen molar-refractivity contribution in [2.75, 3.05) is 6.54 Å². The molecule has 1 heterocycles. The number of hydrogen-bond acceptors (Lipinski definition) is 6. The molecule has 3 atom stereocenters. The molecule has 3 rings (SSSR count). The van der Waals surface area contributed by atoms with E-state index in [0.717, 1.165) is 16.5 Å². The van der Waals surface area contributed by atoms with E-state index in [4.69, 9.17) is 11.5 Å². The molecule has 39 heavy (non-hydrogen) atoms. The van der Waals surface area contributed by atoms with E-state index in [1.54, 1.807) is 36.5 Å². The Kier molecular flexibility index (Phi) is 10.2. The summed E-state index contributed by atoms with van der Waals surface area (Å²) in [4.78, 5) is 64.8. The highest BCUT2D eigenvalue weighted by Crippen LogP contribution is 2.19. The Morgan fingerprint density at radius 1 is 0.821 bits per heavy atom. The van der Waals surface area contributed by atoms with Crippen molar-refractivity contribution in [1.82, 2.24) is 20.9 Å². The van der Waals surface area contributed by atoms with Gasteiger partial charge in [-0.25, -0.2) is 4.79 Å². The maximum absolute atomic E-state index is 13.5. The maximum Gasteiger partial charge on any atom is 0.326 e. The van der Waals surface area contributed by atoms with Crippen LogP contribution in [-0.4, -0.2) is 64.4 Å². The summed E-state index contributed by atoms with van der Waals surface area (Å²) >= 11 is 0. The minimum absolute atomic E-state index is 0.0468. The zero-order chi connectivity index (χ0) is 28.4. The molecule has 0 aliphatic rings. The van der Waals surface area contributed by atoms with Crippen molar-refractivity contribution in [2.24, 2.45) is 11.5 Å².